The van der Waals surface area contributed by atoms with Crippen molar-refractivity contribution in [2.75, 3.05) is 0 Å². The molecule has 0 unspecified atom stereocenters. The lowest BCUT2D eigenvalue weighted by Crippen LogP contribution is -1.95. The van der Waals surface area contributed by atoms with E-state index in [1.807, 2.05) is 41.5 Å². The van der Waals surface area contributed by atoms with Gasteiger partial charge in [0.05, 0.1) is 0 Å². The lowest BCUT2D eigenvalue weighted by atomic mass is 10.1. The minimum Gasteiger partial charge on any atom is -0.300 e. The molecule has 0 N–H and O–H groups in total. The fraction of sp³-hybridized carbons (Fsp3) is 0.833. The summed E-state index contributed by atoms with van der Waals surface area (Å²) in [5.41, 5.74) is 0. The molecule has 0 spiro atoms. The van der Waals surface area contributed by atoms with Crippen molar-refractivity contribution in [3.05, 3.63) is 0 Å². The highest BCUT2D eigenvalue weighted by atomic mass is 16.1. The Hall–Kier alpha value is -0.990. The molecule has 0 aliphatic heterocycles. The van der Waals surface area contributed by atoms with Crippen LogP contribution < -0.4 is 0 Å². The zero-order chi connectivity index (χ0) is 17.6. The summed E-state index contributed by atoms with van der Waals surface area (Å²) in [5.74, 6) is 2.44. The summed E-state index contributed by atoms with van der Waals surface area (Å²) in [5, 5.41) is 0. The van der Waals surface area contributed by atoms with Gasteiger partial charge in [-0.1, -0.05) is 41.5 Å². The number of Topliss-reactive ketones (excluding diaryl/α,β-unsaturated/α-hetero) is 3. The number of hydrogen-bond acceptors (Lipinski definition) is 3. The van der Waals surface area contributed by atoms with E-state index >= 15 is 0 Å². The van der Waals surface area contributed by atoms with Crippen LogP contribution in [0, 0.1) is 17.8 Å². The van der Waals surface area contributed by atoms with Crippen molar-refractivity contribution < 1.29 is 14.4 Å². The summed E-state index contributed by atoms with van der Waals surface area (Å²) in [7, 11) is 0. The van der Waals surface area contributed by atoms with Gasteiger partial charge in [-0.15, -0.1) is 0 Å². The van der Waals surface area contributed by atoms with Crippen molar-refractivity contribution in [1.82, 2.24) is 0 Å². The Balaban J connectivity index is -0.000000231. The smallest absolute Gasteiger partial charge is 0.130 e. The first kappa shape index (κ1) is 25.0. The van der Waals surface area contributed by atoms with E-state index in [0.29, 0.717) is 17.8 Å². The highest BCUT2D eigenvalue weighted by molar-refractivity contribution is 5.76. The van der Waals surface area contributed by atoms with Crippen molar-refractivity contribution in [2.24, 2.45) is 17.8 Å². The average molecular weight is 300 g/mol. The van der Waals surface area contributed by atoms with Crippen molar-refractivity contribution in [2.45, 2.75) is 81.6 Å². The first-order valence-electron chi connectivity index (χ1n) is 7.86. The third-order valence-electron chi connectivity index (χ3n) is 2.09. The van der Waals surface area contributed by atoms with E-state index in [1.165, 1.54) is 0 Å². The molecule has 0 aromatic rings. The molecule has 0 aromatic carbocycles. The zero-order valence-electron chi connectivity index (χ0n) is 15.6. The van der Waals surface area contributed by atoms with Gasteiger partial charge in [-0.05, 0) is 38.5 Å². The second-order valence-electron chi connectivity index (χ2n) is 6.90. The van der Waals surface area contributed by atoms with Crippen LogP contribution in [0.4, 0.5) is 0 Å². The molecule has 0 bridgehead atoms. The Morgan fingerprint density at radius 2 is 0.667 bits per heavy atom. The van der Waals surface area contributed by atoms with Gasteiger partial charge >= 0.3 is 0 Å². The van der Waals surface area contributed by atoms with Crippen molar-refractivity contribution in [1.29, 1.82) is 0 Å². The van der Waals surface area contributed by atoms with Crippen molar-refractivity contribution in [3.8, 4) is 0 Å². The first-order chi connectivity index (χ1) is 9.38. The molecule has 3 heteroatoms. The normalized spacial score (nSPS) is 9.71. The van der Waals surface area contributed by atoms with Crippen LogP contribution in [-0.2, 0) is 14.4 Å². The molecule has 0 radical (unpaired) electrons. The predicted molar refractivity (Wildman–Crippen MR) is 90.4 cm³/mol. The van der Waals surface area contributed by atoms with Gasteiger partial charge in [0.1, 0.15) is 17.3 Å². The summed E-state index contributed by atoms with van der Waals surface area (Å²) in [4.78, 5) is 30.8. The Labute approximate surface area is 131 Å². The molecule has 21 heavy (non-hydrogen) atoms. The molecule has 126 valence electrons. The Kier molecular flexibility index (Phi) is 18.3. The topological polar surface area (TPSA) is 51.2 Å². The maximum Gasteiger partial charge on any atom is 0.130 e. The van der Waals surface area contributed by atoms with Gasteiger partial charge < -0.3 is 14.4 Å². The maximum absolute atomic E-state index is 10.3. The van der Waals surface area contributed by atoms with Crippen LogP contribution >= 0.6 is 0 Å². The van der Waals surface area contributed by atoms with Crippen LogP contribution in [0.15, 0.2) is 0 Å². The number of carbonyl (C=O) groups is 3. The molecule has 0 aliphatic carbocycles. The SMILES string of the molecule is CC(=O)CC(C)C.CC(=O)CC(C)C.CC(=O)CC(C)C. The average Bonchev–Trinajstić information content (AvgIpc) is 2.10. The highest BCUT2D eigenvalue weighted by Crippen LogP contribution is 1.98. The third-order valence-corrected chi connectivity index (χ3v) is 2.09. The Morgan fingerprint density at radius 1 is 0.524 bits per heavy atom. The molecule has 0 amide bonds. The minimum atomic E-state index is 0.287. The van der Waals surface area contributed by atoms with Crippen molar-refractivity contribution >= 4 is 17.3 Å². The monoisotopic (exact) mass is 300 g/mol. The summed E-state index contributed by atoms with van der Waals surface area (Å²) in [6, 6.07) is 0. The maximum atomic E-state index is 10.3. The van der Waals surface area contributed by atoms with E-state index in [1.54, 1.807) is 20.8 Å². The predicted octanol–water partition coefficient (Wildman–Crippen LogP) is 4.86. The van der Waals surface area contributed by atoms with Crippen LogP contribution in [0.5, 0.6) is 0 Å². The highest BCUT2D eigenvalue weighted by Gasteiger charge is 1.96. The third kappa shape index (κ3) is 45.4. The van der Waals surface area contributed by atoms with Gasteiger partial charge in [-0.3, -0.25) is 0 Å². The largest absolute Gasteiger partial charge is 0.300 e. The van der Waals surface area contributed by atoms with E-state index in [2.05, 4.69) is 0 Å². The molecule has 0 saturated carbocycles. The first-order valence-corrected chi connectivity index (χ1v) is 7.86. The van der Waals surface area contributed by atoms with Crippen molar-refractivity contribution in [3.63, 3.8) is 0 Å². The number of rotatable bonds is 6. The Morgan fingerprint density at radius 3 is 0.667 bits per heavy atom. The quantitative estimate of drug-likeness (QED) is 0.703. The van der Waals surface area contributed by atoms with Gasteiger partial charge in [0.15, 0.2) is 0 Å². The number of hydrogen-bond donors (Lipinski definition) is 0. The molecule has 0 fully saturated rings. The zero-order valence-corrected chi connectivity index (χ0v) is 15.6. The van der Waals surface area contributed by atoms with Gasteiger partial charge in [-0.25, -0.2) is 0 Å². The van der Waals surface area contributed by atoms with Gasteiger partial charge in [0.25, 0.3) is 0 Å². The number of carbonyl (C=O) groups excluding carboxylic acids is 3. The fourth-order valence-electron chi connectivity index (χ4n) is 1.72. The lowest BCUT2D eigenvalue weighted by molar-refractivity contribution is -0.118. The van der Waals surface area contributed by atoms with Crippen LogP contribution in [0.2, 0.25) is 0 Å². The second kappa shape index (κ2) is 15.4. The van der Waals surface area contributed by atoms with Crippen LogP contribution in [-0.4, -0.2) is 17.3 Å². The fourth-order valence-corrected chi connectivity index (χ4v) is 1.72. The van der Waals surface area contributed by atoms with Gasteiger partial charge in [0, 0.05) is 19.3 Å². The molecule has 0 heterocycles. The summed E-state index contributed by atoms with van der Waals surface area (Å²) >= 11 is 0. The molecule has 0 atom stereocenters. The molecule has 0 aliphatic rings. The van der Waals surface area contributed by atoms with E-state index in [4.69, 9.17) is 0 Å². The number of ketones is 3. The van der Waals surface area contributed by atoms with Gasteiger partial charge in [0.2, 0.25) is 0 Å². The van der Waals surface area contributed by atoms with Crippen LogP contribution in [0.1, 0.15) is 81.6 Å². The minimum absolute atomic E-state index is 0.287. The molecule has 0 aromatic heterocycles. The molecular formula is C18H36O3. The summed E-state index contributed by atoms with van der Waals surface area (Å²) in [6.45, 7) is 17.1. The van der Waals surface area contributed by atoms with E-state index in [9.17, 15) is 14.4 Å². The molecule has 0 rings (SSSR count). The molecule has 0 saturated heterocycles. The van der Waals surface area contributed by atoms with Crippen LogP contribution in [0.25, 0.3) is 0 Å². The summed E-state index contributed by atoms with van der Waals surface area (Å²) in [6.07, 6.45) is 2.17. The van der Waals surface area contributed by atoms with Crippen LogP contribution in [0.3, 0.4) is 0 Å². The second-order valence-corrected chi connectivity index (χ2v) is 6.90. The van der Waals surface area contributed by atoms with E-state index < -0.39 is 0 Å². The lowest BCUT2D eigenvalue weighted by Gasteiger charge is -1.95. The van der Waals surface area contributed by atoms with Gasteiger partial charge in [-0.2, -0.15) is 0 Å². The molecule has 3 nitrogen and oxygen atoms in total. The summed E-state index contributed by atoms with van der Waals surface area (Å²) < 4.78 is 0. The Bertz CT molecular complexity index is 241. The molecular weight excluding hydrogens is 264 g/mol. The van der Waals surface area contributed by atoms with E-state index in [-0.39, 0.29) is 17.3 Å². The standard InChI is InChI=1S/3C6H12O/c3*1-5(2)4-6(3)7/h3*5H,4H2,1-3H3. The van der Waals surface area contributed by atoms with E-state index in [0.717, 1.165) is 19.3 Å².